The number of hydrogen-bond donors (Lipinski definition) is 2. The van der Waals surface area contributed by atoms with E-state index in [1.807, 2.05) is 11.9 Å². The van der Waals surface area contributed by atoms with E-state index < -0.39 is 0 Å². The van der Waals surface area contributed by atoms with Gasteiger partial charge in [-0.15, -0.1) is 24.0 Å². The lowest BCUT2D eigenvalue weighted by molar-refractivity contribution is -0.188. The molecule has 2 saturated heterocycles. The number of halogens is 1. The maximum atomic E-state index is 11.7. The lowest BCUT2D eigenvalue weighted by Crippen LogP contribution is -2.71. The van der Waals surface area contributed by atoms with E-state index in [2.05, 4.69) is 36.4 Å². The lowest BCUT2D eigenvalue weighted by atomic mass is 9.55. The van der Waals surface area contributed by atoms with Crippen LogP contribution in [0.1, 0.15) is 46.5 Å². The fraction of sp³-hybridized carbons (Fsp3) is 0.889. The number of aliphatic imine (C=N–C) groups is 1. The lowest BCUT2D eigenvalue weighted by Gasteiger charge is -2.60. The van der Waals surface area contributed by atoms with Crippen LogP contribution in [-0.2, 0) is 9.53 Å². The van der Waals surface area contributed by atoms with Crippen molar-refractivity contribution in [2.75, 3.05) is 26.7 Å². The number of nitrogens with one attached hydrogen (secondary N) is 2. The molecule has 0 spiro atoms. The zero-order valence-electron chi connectivity index (χ0n) is 15.9. The summed E-state index contributed by atoms with van der Waals surface area (Å²) in [6.45, 7) is 9.01. The minimum atomic E-state index is 0. The molecule has 2 N–H and O–H groups in total. The number of likely N-dealkylation sites (tertiary alicyclic amines) is 1. The predicted octanol–water partition coefficient (Wildman–Crippen LogP) is 1.98. The van der Waals surface area contributed by atoms with Gasteiger partial charge in [-0.2, -0.15) is 0 Å². The van der Waals surface area contributed by atoms with Crippen molar-refractivity contribution in [3.63, 3.8) is 0 Å². The van der Waals surface area contributed by atoms with E-state index in [1.165, 1.54) is 6.42 Å². The number of ether oxygens (including phenoxy) is 1. The summed E-state index contributed by atoms with van der Waals surface area (Å²) in [4.78, 5) is 18.1. The van der Waals surface area contributed by atoms with Crippen molar-refractivity contribution in [2.45, 2.75) is 64.6 Å². The van der Waals surface area contributed by atoms with Gasteiger partial charge in [0.25, 0.3) is 0 Å². The largest absolute Gasteiger partial charge is 0.377 e. The molecule has 25 heavy (non-hydrogen) atoms. The van der Waals surface area contributed by atoms with Gasteiger partial charge in [0.2, 0.25) is 5.91 Å². The number of carbonyl (C=O) groups is 1. The number of guanidine groups is 1. The van der Waals surface area contributed by atoms with Crippen LogP contribution in [0.5, 0.6) is 0 Å². The van der Waals surface area contributed by atoms with Gasteiger partial charge in [-0.1, -0.05) is 13.8 Å². The van der Waals surface area contributed by atoms with Crippen molar-refractivity contribution in [2.24, 2.45) is 16.3 Å². The number of hydrogen-bond acceptors (Lipinski definition) is 3. The topological polar surface area (TPSA) is 66.0 Å². The fourth-order valence-corrected chi connectivity index (χ4v) is 4.58. The van der Waals surface area contributed by atoms with Gasteiger partial charge in [-0.05, 0) is 26.2 Å². The van der Waals surface area contributed by atoms with Crippen LogP contribution in [0.25, 0.3) is 0 Å². The van der Waals surface area contributed by atoms with Gasteiger partial charge in [0.15, 0.2) is 5.96 Å². The van der Waals surface area contributed by atoms with Gasteiger partial charge in [-0.3, -0.25) is 9.79 Å². The Hall–Kier alpha value is -0.570. The Labute approximate surface area is 168 Å². The minimum absolute atomic E-state index is 0. The van der Waals surface area contributed by atoms with Gasteiger partial charge in [0.05, 0.1) is 6.10 Å². The molecule has 0 aromatic rings. The molecule has 4 unspecified atom stereocenters. The number of fused-ring (bicyclic) bond motifs is 1. The molecule has 0 aromatic carbocycles. The molecular formula is C18H33IN4O2. The summed E-state index contributed by atoms with van der Waals surface area (Å²) in [5.74, 6) is 1.69. The first-order valence-corrected chi connectivity index (χ1v) is 9.36. The van der Waals surface area contributed by atoms with Gasteiger partial charge in [-0.25, -0.2) is 0 Å². The summed E-state index contributed by atoms with van der Waals surface area (Å²) in [6.07, 6.45) is 4.23. The van der Waals surface area contributed by atoms with E-state index in [4.69, 9.17) is 4.74 Å². The third kappa shape index (κ3) is 4.23. The monoisotopic (exact) mass is 464 g/mol. The number of carbonyl (C=O) groups excluding carboxylic acids is 1. The van der Waals surface area contributed by atoms with Crippen LogP contribution in [0.2, 0.25) is 0 Å². The Morgan fingerprint density at radius 2 is 2.12 bits per heavy atom. The van der Waals surface area contributed by atoms with E-state index in [9.17, 15) is 4.79 Å². The molecule has 144 valence electrons. The van der Waals surface area contributed by atoms with Crippen LogP contribution in [0, 0.1) is 11.3 Å². The second kappa shape index (κ2) is 8.41. The van der Waals surface area contributed by atoms with Crippen molar-refractivity contribution in [3.05, 3.63) is 0 Å². The van der Waals surface area contributed by atoms with Crippen LogP contribution >= 0.6 is 24.0 Å². The molecule has 1 aliphatic carbocycles. The summed E-state index contributed by atoms with van der Waals surface area (Å²) >= 11 is 0. The van der Waals surface area contributed by atoms with Crippen LogP contribution < -0.4 is 10.6 Å². The maximum absolute atomic E-state index is 11.7. The highest BCUT2D eigenvalue weighted by Crippen LogP contribution is 2.51. The van der Waals surface area contributed by atoms with Crippen LogP contribution in [0.15, 0.2) is 4.99 Å². The van der Waals surface area contributed by atoms with Crippen molar-refractivity contribution < 1.29 is 9.53 Å². The molecule has 2 heterocycles. The molecule has 0 bridgehead atoms. The average molecular weight is 464 g/mol. The van der Waals surface area contributed by atoms with E-state index in [0.29, 0.717) is 24.5 Å². The number of likely N-dealkylation sites (N-methyl/N-ethyl adjacent to an activating group) is 1. The molecule has 7 heteroatoms. The minimum Gasteiger partial charge on any atom is -0.377 e. The first-order chi connectivity index (χ1) is 11.4. The Morgan fingerprint density at radius 1 is 1.36 bits per heavy atom. The summed E-state index contributed by atoms with van der Waals surface area (Å²) in [6, 6.07) is 0.663. The summed E-state index contributed by atoms with van der Waals surface area (Å²) in [7, 11) is 1.87. The Balaban J connectivity index is 0.00000225. The van der Waals surface area contributed by atoms with Gasteiger partial charge in [0.1, 0.15) is 0 Å². The van der Waals surface area contributed by atoms with Gasteiger partial charge >= 0.3 is 0 Å². The zero-order valence-corrected chi connectivity index (χ0v) is 18.2. The predicted molar refractivity (Wildman–Crippen MR) is 110 cm³/mol. The first-order valence-electron chi connectivity index (χ1n) is 9.36. The summed E-state index contributed by atoms with van der Waals surface area (Å²) in [5.41, 5.74) is 0.126. The maximum Gasteiger partial charge on any atom is 0.222 e. The second-order valence-corrected chi connectivity index (χ2v) is 8.02. The zero-order chi connectivity index (χ0) is 17.3. The van der Waals surface area contributed by atoms with Crippen LogP contribution in [-0.4, -0.2) is 61.7 Å². The van der Waals surface area contributed by atoms with Crippen molar-refractivity contribution in [1.29, 1.82) is 0 Å². The van der Waals surface area contributed by atoms with Crippen molar-refractivity contribution >= 4 is 35.8 Å². The Morgan fingerprint density at radius 3 is 2.80 bits per heavy atom. The third-order valence-corrected chi connectivity index (χ3v) is 5.91. The SMILES string of the molecule is CCN=C(NC1CCC(=O)N(C)C1)NC1C2CCCOC2C1(C)C.I. The number of rotatable bonds is 3. The number of nitrogens with zero attached hydrogens (tertiary/aromatic N) is 2. The fourth-order valence-electron chi connectivity index (χ4n) is 4.58. The summed E-state index contributed by atoms with van der Waals surface area (Å²) < 4.78 is 6.00. The van der Waals surface area contributed by atoms with Crippen LogP contribution in [0.4, 0.5) is 0 Å². The van der Waals surface area contributed by atoms with Crippen LogP contribution in [0.3, 0.4) is 0 Å². The summed E-state index contributed by atoms with van der Waals surface area (Å²) in [5, 5.41) is 7.22. The molecule has 3 rings (SSSR count). The molecule has 2 aliphatic heterocycles. The smallest absolute Gasteiger partial charge is 0.222 e. The highest BCUT2D eigenvalue weighted by molar-refractivity contribution is 14.0. The molecular weight excluding hydrogens is 431 g/mol. The Kier molecular flexibility index (Phi) is 6.98. The molecule has 4 atom stereocenters. The average Bonchev–Trinajstić information content (AvgIpc) is 2.56. The van der Waals surface area contributed by atoms with Crippen molar-refractivity contribution in [1.82, 2.24) is 15.5 Å². The van der Waals surface area contributed by atoms with Gasteiger partial charge in [0, 0.05) is 56.6 Å². The van der Waals surface area contributed by atoms with Crippen molar-refractivity contribution in [3.8, 4) is 0 Å². The highest BCUT2D eigenvalue weighted by atomic mass is 127. The molecule has 6 nitrogen and oxygen atoms in total. The molecule has 3 fully saturated rings. The number of piperidine rings is 1. The third-order valence-electron chi connectivity index (χ3n) is 5.91. The standard InChI is InChI=1S/C18H32N4O2.HI/c1-5-19-17(20-12-8-9-14(23)22(4)11-12)21-15-13-7-6-10-24-16(13)18(15,2)3;/h12-13,15-16H,5-11H2,1-4H3,(H2,19,20,21);1H. The molecule has 1 saturated carbocycles. The molecule has 0 radical (unpaired) electrons. The van der Waals surface area contributed by atoms with E-state index >= 15 is 0 Å². The quantitative estimate of drug-likeness (QED) is 0.381. The second-order valence-electron chi connectivity index (χ2n) is 8.02. The van der Waals surface area contributed by atoms with Gasteiger partial charge < -0.3 is 20.3 Å². The molecule has 1 amide bonds. The highest BCUT2D eigenvalue weighted by Gasteiger charge is 2.58. The van der Waals surface area contributed by atoms with E-state index in [-0.39, 0.29) is 41.3 Å². The Bertz CT molecular complexity index is 511. The molecule has 0 aromatic heterocycles. The molecule has 3 aliphatic rings. The van der Waals surface area contributed by atoms with E-state index in [0.717, 1.165) is 38.5 Å². The first kappa shape index (κ1) is 20.7. The van der Waals surface area contributed by atoms with E-state index in [1.54, 1.807) is 0 Å². The normalized spacial score (nSPS) is 34.5. The number of amides is 1.